The Hall–Kier alpha value is -1.13. The topological polar surface area (TPSA) is 39.4 Å². The van der Waals surface area contributed by atoms with Gasteiger partial charge in [-0.2, -0.15) is 5.10 Å². The van der Waals surface area contributed by atoms with Gasteiger partial charge in [0.2, 0.25) is 0 Å². The number of halogens is 1. The second-order valence-corrected chi connectivity index (χ2v) is 3.36. The lowest BCUT2D eigenvalue weighted by Gasteiger charge is -1.91. The molecule has 0 radical (unpaired) electrons. The molecule has 0 aromatic carbocycles. The lowest BCUT2D eigenvalue weighted by atomic mass is 10.4. The van der Waals surface area contributed by atoms with Crippen LogP contribution in [0.25, 0.3) is 5.65 Å². The molecule has 0 aliphatic rings. The van der Waals surface area contributed by atoms with Gasteiger partial charge in [-0.3, -0.25) is 0 Å². The highest BCUT2D eigenvalue weighted by Crippen LogP contribution is 2.09. The molecule has 0 aliphatic carbocycles. The van der Waals surface area contributed by atoms with Crippen molar-refractivity contribution in [2.24, 2.45) is 0 Å². The van der Waals surface area contributed by atoms with E-state index in [-0.39, 0.29) is 0 Å². The van der Waals surface area contributed by atoms with Crippen molar-refractivity contribution in [1.29, 1.82) is 0 Å². The molecule has 0 amide bonds. The normalized spacial score (nSPS) is 11.0. The molecule has 0 spiro atoms. The van der Waals surface area contributed by atoms with Crippen molar-refractivity contribution in [2.75, 3.05) is 13.7 Å². The summed E-state index contributed by atoms with van der Waals surface area (Å²) in [7, 11) is 1.66. The lowest BCUT2D eigenvalue weighted by molar-refractivity contribution is 0.200. The van der Waals surface area contributed by atoms with Gasteiger partial charge in [0.1, 0.15) is 0 Å². The van der Waals surface area contributed by atoms with E-state index in [0.717, 1.165) is 17.9 Å². The molecule has 14 heavy (non-hydrogen) atoms. The van der Waals surface area contributed by atoms with E-state index >= 15 is 0 Å². The summed E-state index contributed by atoms with van der Waals surface area (Å²) in [5.74, 6) is 0.772. The molecule has 0 bridgehead atoms. The number of ether oxygens (including phenoxy) is 1. The largest absolute Gasteiger partial charge is 0.384 e. The standard InChI is InChI=1S/C9H10ClN3O/c1-14-5-4-8-11-9-3-2-7(10)6-13(9)12-8/h2-3,6H,4-5H2,1H3. The van der Waals surface area contributed by atoms with Crippen molar-refractivity contribution in [3.8, 4) is 0 Å². The number of pyridine rings is 1. The van der Waals surface area contributed by atoms with Gasteiger partial charge >= 0.3 is 0 Å². The summed E-state index contributed by atoms with van der Waals surface area (Å²) in [4.78, 5) is 4.30. The smallest absolute Gasteiger partial charge is 0.155 e. The minimum absolute atomic E-state index is 0.630. The van der Waals surface area contributed by atoms with E-state index < -0.39 is 0 Å². The molecule has 4 nitrogen and oxygen atoms in total. The van der Waals surface area contributed by atoms with E-state index in [1.165, 1.54) is 0 Å². The SMILES string of the molecule is COCCc1nc2ccc(Cl)cn2n1. The Kier molecular flexibility index (Phi) is 2.65. The Bertz CT molecular complexity index is 441. The molecule has 0 saturated heterocycles. The maximum absolute atomic E-state index is 5.82. The highest BCUT2D eigenvalue weighted by molar-refractivity contribution is 6.30. The summed E-state index contributed by atoms with van der Waals surface area (Å²) < 4.78 is 6.62. The van der Waals surface area contributed by atoms with Gasteiger partial charge in [-0.1, -0.05) is 11.6 Å². The third kappa shape index (κ3) is 1.86. The second-order valence-electron chi connectivity index (χ2n) is 2.92. The lowest BCUT2D eigenvalue weighted by Crippen LogP contribution is -1.96. The molecule has 0 aliphatic heterocycles. The first-order valence-corrected chi connectivity index (χ1v) is 4.67. The molecule has 2 aromatic heterocycles. The van der Waals surface area contributed by atoms with Gasteiger partial charge < -0.3 is 4.74 Å². The Labute approximate surface area is 86.5 Å². The number of nitrogens with zero attached hydrogens (tertiary/aromatic N) is 3. The molecule has 2 aromatic rings. The van der Waals surface area contributed by atoms with E-state index in [9.17, 15) is 0 Å². The molecular formula is C9H10ClN3O. The van der Waals surface area contributed by atoms with Crippen LogP contribution in [0.3, 0.4) is 0 Å². The van der Waals surface area contributed by atoms with Crippen LogP contribution in [-0.2, 0) is 11.2 Å². The van der Waals surface area contributed by atoms with Crippen LogP contribution >= 0.6 is 11.6 Å². The van der Waals surface area contributed by atoms with Crippen molar-refractivity contribution in [3.05, 3.63) is 29.2 Å². The molecule has 5 heteroatoms. The fraction of sp³-hybridized carbons (Fsp3) is 0.333. The van der Waals surface area contributed by atoms with Gasteiger partial charge in [0.05, 0.1) is 11.6 Å². The molecule has 2 rings (SSSR count). The van der Waals surface area contributed by atoms with E-state index in [1.807, 2.05) is 6.07 Å². The predicted octanol–water partition coefficient (Wildman–Crippen LogP) is 1.57. The number of hydrogen-bond acceptors (Lipinski definition) is 3. The van der Waals surface area contributed by atoms with Crippen molar-refractivity contribution >= 4 is 17.2 Å². The van der Waals surface area contributed by atoms with Crippen molar-refractivity contribution in [3.63, 3.8) is 0 Å². The summed E-state index contributed by atoms with van der Waals surface area (Å²) >= 11 is 5.82. The first-order chi connectivity index (χ1) is 6.79. The van der Waals surface area contributed by atoms with Gasteiger partial charge in [-0.15, -0.1) is 0 Å². The van der Waals surface area contributed by atoms with Gasteiger partial charge in [0, 0.05) is 19.7 Å². The highest BCUT2D eigenvalue weighted by Gasteiger charge is 2.02. The number of aromatic nitrogens is 3. The van der Waals surface area contributed by atoms with E-state index in [0.29, 0.717) is 11.6 Å². The van der Waals surface area contributed by atoms with Gasteiger partial charge in [-0.05, 0) is 12.1 Å². The zero-order valence-electron chi connectivity index (χ0n) is 7.77. The average molecular weight is 212 g/mol. The fourth-order valence-corrected chi connectivity index (χ4v) is 1.36. The van der Waals surface area contributed by atoms with Crippen molar-refractivity contribution < 1.29 is 4.74 Å². The third-order valence-corrected chi connectivity index (χ3v) is 2.09. The Balaban J connectivity index is 2.32. The first kappa shape index (κ1) is 9.43. The number of fused-ring (bicyclic) bond motifs is 1. The average Bonchev–Trinajstić information content (AvgIpc) is 2.56. The fourth-order valence-electron chi connectivity index (χ4n) is 1.20. The van der Waals surface area contributed by atoms with Crippen molar-refractivity contribution in [2.45, 2.75) is 6.42 Å². The Morgan fingerprint density at radius 2 is 2.36 bits per heavy atom. The number of rotatable bonds is 3. The van der Waals surface area contributed by atoms with Gasteiger partial charge in [0.25, 0.3) is 0 Å². The molecule has 0 saturated carbocycles. The Morgan fingerprint density at radius 1 is 1.50 bits per heavy atom. The molecule has 0 fully saturated rings. The number of methoxy groups -OCH3 is 1. The quantitative estimate of drug-likeness (QED) is 0.774. The van der Waals surface area contributed by atoms with Crippen LogP contribution in [0.4, 0.5) is 0 Å². The van der Waals surface area contributed by atoms with Crippen molar-refractivity contribution in [1.82, 2.24) is 14.6 Å². The molecular weight excluding hydrogens is 202 g/mol. The first-order valence-electron chi connectivity index (χ1n) is 4.29. The summed E-state index contributed by atoms with van der Waals surface area (Å²) in [6.07, 6.45) is 2.45. The van der Waals surface area contributed by atoms with E-state index in [2.05, 4.69) is 10.1 Å². The van der Waals surface area contributed by atoms with Crippen LogP contribution in [0.5, 0.6) is 0 Å². The summed E-state index contributed by atoms with van der Waals surface area (Å²) in [6.45, 7) is 0.630. The minimum Gasteiger partial charge on any atom is -0.384 e. The van der Waals surface area contributed by atoms with Crippen LogP contribution in [0.15, 0.2) is 18.3 Å². The van der Waals surface area contributed by atoms with Gasteiger partial charge in [0.15, 0.2) is 11.5 Å². The molecule has 0 N–H and O–H groups in total. The molecule has 74 valence electrons. The van der Waals surface area contributed by atoms with Crippen LogP contribution in [-0.4, -0.2) is 28.3 Å². The molecule has 0 unspecified atom stereocenters. The monoisotopic (exact) mass is 211 g/mol. The maximum Gasteiger partial charge on any atom is 0.155 e. The zero-order chi connectivity index (χ0) is 9.97. The third-order valence-electron chi connectivity index (χ3n) is 1.87. The van der Waals surface area contributed by atoms with Crippen LogP contribution in [0, 0.1) is 0 Å². The molecule has 0 atom stereocenters. The maximum atomic E-state index is 5.82. The zero-order valence-corrected chi connectivity index (χ0v) is 8.53. The Morgan fingerprint density at radius 3 is 3.14 bits per heavy atom. The van der Waals surface area contributed by atoms with E-state index in [1.54, 1.807) is 23.9 Å². The van der Waals surface area contributed by atoms with E-state index in [4.69, 9.17) is 16.3 Å². The summed E-state index contributed by atoms with van der Waals surface area (Å²) in [5, 5.41) is 4.91. The predicted molar refractivity (Wildman–Crippen MR) is 53.6 cm³/mol. The second kappa shape index (κ2) is 3.94. The van der Waals surface area contributed by atoms with Gasteiger partial charge in [-0.25, -0.2) is 9.50 Å². The van der Waals surface area contributed by atoms with Crippen LogP contribution in [0.2, 0.25) is 5.02 Å². The minimum atomic E-state index is 0.630. The summed E-state index contributed by atoms with van der Waals surface area (Å²) in [5.41, 5.74) is 0.806. The molecule has 2 heterocycles. The highest BCUT2D eigenvalue weighted by atomic mass is 35.5. The van der Waals surface area contributed by atoms with Crippen LogP contribution < -0.4 is 0 Å². The number of hydrogen-bond donors (Lipinski definition) is 0. The summed E-state index contributed by atoms with van der Waals surface area (Å²) in [6, 6.07) is 3.64. The van der Waals surface area contributed by atoms with Crippen LogP contribution in [0.1, 0.15) is 5.82 Å².